The van der Waals surface area contributed by atoms with Crippen LogP contribution in [0.15, 0.2) is 57.7 Å². The van der Waals surface area contributed by atoms with Crippen molar-refractivity contribution in [3.63, 3.8) is 0 Å². The van der Waals surface area contributed by atoms with Gasteiger partial charge in [-0.05, 0) is 59.8 Å². The van der Waals surface area contributed by atoms with Gasteiger partial charge in [0.1, 0.15) is 17.9 Å². The van der Waals surface area contributed by atoms with Crippen molar-refractivity contribution in [2.45, 2.75) is 13.5 Å². The van der Waals surface area contributed by atoms with Crippen LogP contribution < -0.4 is 15.7 Å². The van der Waals surface area contributed by atoms with Crippen molar-refractivity contribution in [1.82, 2.24) is 0 Å². The van der Waals surface area contributed by atoms with Crippen molar-refractivity contribution >= 4 is 45.3 Å². The minimum absolute atomic E-state index is 0.229. The van der Waals surface area contributed by atoms with Crippen molar-refractivity contribution in [2.75, 3.05) is 11.9 Å². The van der Waals surface area contributed by atoms with Gasteiger partial charge >= 0.3 is 11.7 Å². The zero-order valence-corrected chi connectivity index (χ0v) is 16.1. The highest BCUT2D eigenvalue weighted by molar-refractivity contribution is 14.1. The molecule has 3 rings (SSSR count). The standard InChI is InChI=1S/C19H16INO5/c1-2-24-19(23)21-14-6-7-16-12(8-18(22)26-17(16)10-14)11-25-15-5-3-4-13(20)9-15/h3-10H,2,11H2,1H3,(H,21,23). The van der Waals surface area contributed by atoms with Gasteiger partial charge in [-0.25, -0.2) is 9.59 Å². The van der Waals surface area contributed by atoms with E-state index in [0.717, 1.165) is 14.7 Å². The molecule has 0 aliphatic rings. The molecule has 0 saturated carbocycles. The number of benzene rings is 2. The van der Waals surface area contributed by atoms with Gasteiger partial charge in [0.2, 0.25) is 0 Å². The Morgan fingerprint density at radius 1 is 1.19 bits per heavy atom. The molecule has 1 amide bonds. The molecule has 7 heteroatoms. The minimum Gasteiger partial charge on any atom is -0.489 e. The molecule has 1 aromatic heterocycles. The Balaban J connectivity index is 1.86. The van der Waals surface area contributed by atoms with Gasteiger partial charge in [0.05, 0.1) is 6.61 Å². The number of carbonyl (C=O) groups excluding carboxylic acids is 1. The Bertz CT molecular complexity index is 999. The van der Waals surface area contributed by atoms with Gasteiger partial charge in [-0.1, -0.05) is 6.07 Å². The highest BCUT2D eigenvalue weighted by Gasteiger charge is 2.09. The zero-order chi connectivity index (χ0) is 18.5. The van der Waals surface area contributed by atoms with Gasteiger partial charge in [-0.15, -0.1) is 0 Å². The maximum atomic E-state index is 11.9. The quantitative estimate of drug-likeness (QED) is 0.442. The first-order chi connectivity index (χ1) is 12.5. The van der Waals surface area contributed by atoms with E-state index in [4.69, 9.17) is 13.9 Å². The van der Waals surface area contributed by atoms with E-state index in [1.807, 2.05) is 24.3 Å². The van der Waals surface area contributed by atoms with Crippen molar-refractivity contribution in [3.05, 3.63) is 68.1 Å². The van der Waals surface area contributed by atoms with E-state index in [-0.39, 0.29) is 13.2 Å². The summed E-state index contributed by atoms with van der Waals surface area (Å²) in [6.45, 7) is 2.22. The molecule has 0 unspecified atom stereocenters. The topological polar surface area (TPSA) is 77.8 Å². The van der Waals surface area contributed by atoms with Crippen LogP contribution >= 0.6 is 22.6 Å². The van der Waals surface area contributed by atoms with Crippen LogP contribution in [-0.2, 0) is 11.3 Å². The SMILES string of the molecule is CCOC(=O)Nc1ccc2c(COc3cccc(I)c3)cc(=O)oc2c1. The Kier molecular flexibility index (Phi) is 5.77. The van der Waals surface area contributed by atoms with Crippen LogP contribution in [0.5, 0.6) is 5.75 Å². The number of ether oxygens (including phenoxy) is 2. The molecule has 2 aromatic carbocycles. The van der Waals surface area contributed by atoms with Gasteiger partial charge in [0.15, 0.2) is 0 Å². The average molecular weight is 465 g/mol. The molecule has 26 heavy (non-hydrogen) atoms. The highest BCUT2D eigenvalue weighted by Crippen LogP contribution is 2.23. The normalized spacial score (nSPS) is 10.5. The van der Waals surface area contributed by atoms with E-state index in [0.29, 0.717) is 16.8 Å². The van der Waals surface area contributed by atoms with E-state index in [1.165, 1.54) is 6.07 Å². The summed E-state index contributed by atoms with van der Waals surface area (Å²) in [6, 6.07) is 14.1. The largest absolute Gasteiger partial charge is 0.489 e. The molecule has 6 nitrogen and oxygen atoms in total. The van der Waals surface area contributed by atoms with Crippen LogP contribution in [-0.4, -0.2) is 12.7 Å². The van der Waals surface area contributed by atoms with E-state index in [1.54, 1.807) is 25.1 Å². The molecule has 0 atom stereocenters. The fourth-order valence-electron chi connectivity index (χ4n) is 2.43. The van der Waals surface area contributed by atoms with Crippen LogP contribution in [0.25, 0.3) is 11.0 Å². The molecule has 0 aliphatic heterocycles. The molecule has 3 aromatic rings. The second kappa shape index (κ2) is 8.22. The molecule has 0 aliphatic carbocycles. The summed E-state index contributed by atoms with van der Waals surface area (Å²) < 4.78 is 16.9. The van der Waals surface area contributed by atoms with Crippen molar-refractivity contribution < 1.29 is 18.7 Å². The number of rotatable bonds is 5. The van der Waals surface area contributed by atoms with Gasteiger partial charge in [0, 0.05) is 32.3 Å². The minimum atomic E-state index is -0.563. The zero-order valence-electron chi connectivity index (χ0n) is 14.0. The molecule has 1 heterocycles. The molecule has 0 radical (unpaired) electrons. The van der Waals surface area contributed by atoms with Gasteiger partial charge in [-0.3, -0.25) is 5.32 Å². The predicted octanol–water partition coefficient (Wildman–Crippen LogP) is 4.55. The summed E-state index contributed by atoms with van der Waals surface area (Å²) >= 11 is 2.21. The number of fused-ring (bicyclic) bond motifs is 1. The molecule has 134 valence electrons. The number of hydrogen-bond donors (Lipinski definition) is 1. The first-order valence-corrected chi connectivity index (χ1v) is 9.02. The summed E-state index contributed by atoms with van der Waals surface area (Å²) in [5.74, 6) is 0.721. The molecule has 0 fully saturated rings. The Labute approximate surface area is 163 Å². The Morgan fingerprint density at radius 3 is 2.81 bits per heavy atom. The molecule has 1 N–H and O–H groups in total. The van der Waals surface area contributed by atoms with Gasteiger partial charge in [-0.2, -0.15) is 0 Å². The molecular weight excluding hydrogens is 449 g/mol. The number of carbonyl (C=O) groups is 1. The highest BCUT2D eigenvalue weighted by atomic mass is 127. The van der Waals surface area contributed by atoms with Gasteiger partial charge < -0.3 is 13.9 Å². The van der Waals surface area contributed by atoms with Crippen LogP contribution in [0, 0.1) is 3.57 Å². The Morgan fingerprint density at radius 2 is 2.04 bits per heavy atom. The molecule has 0 saturated heterocycles. The molecule has 0 spiro atoms. The third kappa shape index (κ3) is 4.54. The maximum absolute atomic E-state index is 11.9. The van der Waals surface area contributed by atoms with E-state index < -0.39 is 11.7 Å². The summed E-state index contributed by atoms with van der Waals surface area (Å²) in [6.07, 6.45) is -0.563. The fraction of sp³-hybridized carbons (Fsp3) is 0.158. The van der Waals surface area contributed by atoms with Crippen LogP contribution in [0.4, 0.5) is 10.5 Å². The lowest BCUT2D eigenvalue weighted by Gasteiger charge is -2.10. The second-order valence-electron chi connectivity index (χ2n) is 5.39. The summed E-state index contributed by atoms with van der Waals surface area (Å²) in [4.78, 5) is 23.4. The van der Waals surface area contributed by atoms with Crippen molar-refractivity contribution in [3.8, 4) is 5.75 Å². The third-order valence-corrected chi connectivity index (χ3v) is 4.21. The summed E-state index contributed by atoms with van der Waals surface area (Å²) in [5.41, 5.74) is 1.08. The van der Waals surface area contributed by atoms with Crippen molar-refractivity contribution in [2.24, 2.45) is 0 Å². The van der Waals surface area contributed by atoms with Crippen LogP contribution in [0.3, 0.4) is 0 Å². The van der Waals surface area contributed by atoms with E-state index in [2.05, 4.69) is 27.9 Å². The smallest absolute Gasteiger partial charge is 0.411 e. The summed E-state index contributed by atoms with van der Waals surface area (Å²) in [7, 11) is 0. The second-order valence-corrected chi connectivity index (χ2v) is 6.64. The monoisotopic (exact) mass is 465 g/mol. The number of halogens is 1. The van der Waals surface area contributed by atoms with E-state index in [9.17, 15) is 9.59 Å². The third-order valence-electron chi connectivity index (χ3n) is 3.54. The van der Waals surface area contributed by atoms with E-state index >= 15 is 0 Å². The first-order valence-electron chi connectivity index (χ1n) is 7.94. The lowest BCUT2D eigenvalue weighted by atomic mass is 10.1. The van der Waals surface area contributed by atoms with Crippen LogP contribution in [0.1, 0.15) is 12.5 Å². The number of nitrogens with one attached hydrogen (secondary N) is 1. The summed E-state index contributed by atoms with van der Waals surface area (Å²) in [5, 5.41) is 3.32. The van der Waals surface area contributed by atoms with Crippen LogP contribution in [0.2, 0.25) is 0 Å². The number of anilines is 1. The van der Waals surface area contributed by atoms with Crippen molar-refractivity contribution in [1.29, 1.82) is 0 Å². The lowest BCUT2D eigenvalue weighted by molar-refractivity contribution is 0.168. The fourth-order valence-corrected chi connectivity index (χ4v) is 2.94. The van der Waals surface area contributed by atoms with Gasteiger partial charge in [0.25, 0.3) is 0 Å². The lowest BCUT2D eigenvalue weighted by Crippen LogP contribution is -2.13. The average Bonchev–Trinajstić information content (AvgIpc) is 2.59. The maximum Gasteiger partial charge on any atom is 0.411 e. The number of amides is 1. The first kappa shape index (κ1) is 18.2. The number of hydrogen-bond acceptors (Lipinski definition) is 5. The Hall–Kier alpha value is -2.55. The molecule has 0 bridgehead atoms. The molecular formula is C19H16INO5. The predicted molar refractivity (Wildman–Crippen MR) is 107 cm³/mol.